The fourth-order valence-electron chi connectivity index (χ4n) is 11.0. The van der Waals surface area contributed by atoms with Gasteiger partial charge in [0.1, 0.15) is 0 Å². The molecule has 69 heavy (non-hydrogen) atoms. The fraction of sp³-hybridized carbons (Fsp3) is 0.0448. The summed E-state index contributed by atoms with van der Waals surface area (Å²) in [5, 5.41) is 5.02. The van der Waals surface area contributed by atoms with Gasteiger partial charge >= 0.3 is 0 Å². The maximum atomic E-state index is 2.41. The van der Waals surface area contributed by atoms with Gasteiger partial charge in [0.2, 0.25) is 0 Å². The van der Waals surface area contributed by atoms with Gasteiger partial charge in [-0.2, -0.15) is 0 Å². The fourth-order valence-corrected chi connectivity index (χ4v) is 11.0. The predicted octanol–water partition coefficient (Wildman–Crippen LogP) is 18.4. The summed E-state index contributed by atoms with van der Waals surface area (Å²) in [6.45, 7) is 4.70. The Balaban J connectivity index is 0.850. The minimum absolute atomic E-state index is 0.0564. The van der Waals surface area contributed by atoms with Crippen molar-refractivity contribution >= 4 is 49.6 Å². The molecule has 0 radical (unpaired) electrons. The highest BCUT2D eigenvalue weighted by Gasteiger charge is 2.35. The van der Waals surface area contributed by atoms with Crippen LogP contribution in [0.4, 0.5) is 17.1 Å². The molecular weight excluding hydrogens is 833 g/mol. The zero-order chi connectivity index (χ0) is 46.1. The molecule has 0 saturated heterocycles. The zero-order valence-electron chi connectivity index (χ0n) is 38.6. The smallest absolute Gasteiger partial charge is 0.0541 e. The number of hydrogen-bond donors (Lipinski definition) is 0. The maximum Gasteiger partial charge on any atom is 0.0541 e. The van der Waals surface area contributed by atoms with Gasteiger partial charge in [0.05, 0.1) is 11.0 Å². The highest BCUT2D eigenvalue weighted by Crippen LogP contribution is 2.50. The maximum absolute atomic E-state index is 2.41. The third-order valence-electron chi connectivity index (χ3n) is 14.6. The molecule has 11 aromatic carbocycles. The van der Waals surface area contributed by atoms with Gasteiger partial charge in [0, 0.05) is 38.9 Å². The van der Waals surface area contributed by atoms with E-state index in [0.29, 0.717) is 0 Å². The number of anilines is 3. The standard InChI is InChI=1S/C67H48N2/c1-67(2)63-22-8-5-19-59(63)60-40-35-54(43-64(60)67)49-33-38-56(39-34-49)68(57-17-12-18-58(44-57)69-65-23-9-6-20-61(65)62-21-7-10-24-66(62)69)55-36-31-47(32-37-55)46-25-27-48(28-26-46)51-15-11-16-52(41-51)53-30-29-45-13-3-4-14-50(45)42-53/h3-44H,1-2H3. The van der Waals surface area contributed by atoms with E-state index in [1.165, 1.54) is 99.3 Å². The molecular formula is C67H48N2. The Kier molecular flexibility index (Phi) is 9.55. The second-order valence-electron chi connectivity index (χ2n) is 19.0. The van der Waals surface area contributed by atoms with Crippen molar-refractivity contribution in [3.63, 3.8) is 0 Å². The quantitative estimate of drug-likeness (QED) is 0.148. The minimum atomic E-state index is -0.0564. The first kappa shape index (κ1) is 40.5. The van der Waals surface area contributed by atoms with Crippen molar-refractivity contribution in [3.8, 4) is 61.3 Å². The minimum Gasteiger partial charge on any atom is -0.310 e. The van der Waals surface area contributed by atoms with Gasteiger partial charge in [-0.15, -0.1) is 0 Å². The van der Waals surface area contributed by atoms with Crippen LogP contribution in [0.3, 0.4) is 0 Å². The average Bonchev–Trinajstić information content (AvgIpc) is 3.87. The molecule has 0 amide bonds. The molecule has 0 atom stereocenters. The summed E-state index contributed by atoms with van der Waals surface area (Å²) in [5.41, 5.74) is 21.8. The molecule has 2 nitrogen and oxygen atoms in total. The molecule has 0 fully saturated rings. The van der Waals surface area contributed by atoms with Crippen molar-refractivity contribution in [2.24, 2.45) is 0 Å². The lowest BCUT2D eigenvalue weighted by Gasteiger charge is -2.27. The summed E-state index contributed by atoms with van der Waals surface area (Å²) in [6, 6.07) is 93.6. The summed E-state index contributed by atoms with van der Waals surface area (Å²) in [5.74, 6) is 0. The predicted molar refractivity (Wildman–Crippen MR) is 292 cm³/mol. The van der Waals surface area contributed by atoms with Crippen LogP contribution in [-0.2, 0) is 5.41 Å². The van der Waals surface area contributed by atoms with E-state index in [-0.39, 0.29) is 5.41 Å². The highest BCUT2D eigenvalue weighted by atomic mass is 15.1. The monoisotopic (exact) mass is 880 g/mol. The molecule has 12 aromatic rings. The number of fused-ring (bicyclic) bond motifs is 7. The summed E-state index contributed by atoms with van der Waals surface area (Å²) >= 11 is 0. The molecule has 2 heteroatoms. The summed E-state index contributed by atoms with van der Waals surface area (Å²) in [6.07, 6.45) is 0. The van der Waals surface area contributed by atoms with E-state index in [4.69, 9.17) is 0 Å². The van der Waals surface area contributed by atoms with Crippen LogP contribution in [0.25, 0.3) is 93.9 Å². The second kappa shape index (κ2) is 16.3. The molecule has 0 spiro atoms. The van der Waals surface area contributed by atoms with Crippen LogP contribution in [0.2, 0.25) is 0 Å². The van der Waals surface area contributed by atoms with Gasteiger partial charge in [-0.05, 0) is 150 Å². The summed E-state index contributed by atoms with van der Waals surface area (Å²) in [7, 11) is 0. The Labute approximate surface area is 403 Å². The molecule has 13 rings (SSSR count). The van der Waals surface area contributed by atoms with E-state index in [2.05, 4.69) is 278 Å². The molecule has 0 aliphatic heterocycles. The molecule has 1 aliphatic rings. The van der Waals surface area contributed by atoms with Crippen LogP contribution in [0.15, 0.2) is 255 Å². The second-order valence-corrected chi connectivity index (χ2v) is 19.0. The lowest BCUT2D eigenvalue weighted by atomic mass is 9.81. The van der Waals surface area contributed by atoms with E-state index in [0.717, 1.165) is 22.7 Å². The van der Waals surface area contributed by atoms with Gasteiger partial charge < -0.3 is 9.47 Å². The lowest BCUT2D eigenvalue weighted by Crippen LogP contribution is -2.14. The normalized spacial score (nSPS) is 12.6. The van der Waals surface area contributed by atoms with Crippen LogP contribution >= 0.6 is 0 Å². The van der Waals surface area contributed by atoms with Crippen molar-refractivity contribution in [2.75, 3.05) is 4.90 Å². The average molecular weight is 881 g/mol. The Hall–Kier alpha value is -8.72. The largest absolute Gasteiger partial charge is 0.310 e. The highest BCUT2D eigenvalue weighted by molar-refractivity contribution is 6.09. The van der Waals surface area contributed by atoms with Crippen LogP contribution in [-0.4, -0.2) is 4.57 Å². The summed E-state index contributed by atoms with van der Waals surface area (Å²) < 4.78 is 2.40. The zero-order valence-corrected chi connectivity index (χ0v) is 38.6. The van der Waals surface area contributed by atoms with Crippen molar-refractivity contribution in [1.82, 2.24) is 4.57 Å². The van der Waals surface area contributed by atoms with Crippen molar-refractivity contribution in [3.05, 3.63) is 266 Å². The molecule has 326 valence electrons. The topological polar surface area (TPSA) is 8.17 Å². The Morgan fingerprint density at radius 1 is 0.304 bits per heavy atom. The molecule has 1 heterocycles. The van der Waals surface area contributed by atoms with E-state index < -0.39 is 0 Å². The number of aromatic nitrogens is 1. The van der Waals surface area contributed by atoms with E-state index in [1.807, 2.05) is 0 Å². The SMILES string of the molecule is CC1(C)c2ccccc2-c2ccc(-c3ccc(N(c4ccc(-c5ccc(-c6cccc(-c7ccc8ccccc8c7)c6)cc5)cc4)c4cccc(-n5c6ccccc6c6ccccc65)c4)cc3)cc21. The third kappa shape index (κ3) is 6.95. The van der Waals surface area contributed by atoms with Gasteiger partial charge in [-0.25, -0.2) is 0 Å². The Bertz CT molecular complexity index is 3860. The van der Waals surface area contributed by atoms with E-state index in [1.54, 1.807) is 0 Å². The first-order chi connectivity index (χ1) is 33.9. The van der Waals surface area contributed by atoms with Gasteiger partial charge in [-0.1, -0.05) is 196 Å². The van der Waals surface area contributed by atoms with Crippen LogP contribution in [0.1, 0.15) is 25.0 Å². The Morgan fingerprint density at radius 2 is 0.783 bits per heavy atom. The number of nitrogens with zero attached hydrogens (tertiary/aromatic N) is 2. The summed E-state index contributed by atoms with van der Waals surface area (Å²) in [4.78, 5) is 2.39. The molecule has 0 N–H and O–H groups in total. The van der Waals surface area contributed by atoms with Crippen LogP contribution < -0.4 is 4.90 Å². The van der Waals surface area contributed by atoms with Crippen LogP contribution in [0, 0.1) is 0 Å². The van der Waals surface area contributed by atoms with E-state index >= 15 is 0 Å². The molecule has 1 aromatic heterocycles. The van der Waals surface area contributed by atoms with Crippen LogP contribution in [0.5, 0.6) is 0 Å². The number of hydrogen-bond acceptors (Lipinski definition) is 1. The molecule has 0 bridgehead atoms. The van der Waals surface area contributed by atoms with Crippen molar-refractivity contribution in [1.29, 1.82) is 0 Å². The molecule has 1 aliphatic carbocycles. The number of benzene rings is 11. The molecule has 0 saturated carbocycles. The third-order valence-corrected chi connectivity index (χ3v) is 14.6. The van der Waals surface area contributed by atoms with Gasteiger partial charge in [-0.3, -0.25) is 0 Å². The first-order valence-electron chi connectivity index (χ1n) is 24.0. The van der Waals surface area contributed by atoms with Gasteiger partial charge in [0.15, 0.2) is 0 Å². The number of para-hydroxylation sites is 2. The number of rotatable bonds is 8. The van der Waals surface area contributed by atoms with Gasteiger partial charge in [0.25, 0.3) is 0 Å². The first-order valence-corrected chi connectivity index (χ1v) is 24.0. The van der Waals surface area contributed by atoms with Crippen molar-refractivity contribution in [2.45, 2.75) is 19.3 Å². The van der Waals surface area contributed by atoms with Crippen molar-refractivity contribution < 1.29 is 0 Å². The lowest BCUT2D eigenvalue weighted by molar-refractivity contribution is 0.660. The Morgan fingerprint density at radius 3 is 1.46 bits per heavy atom. The molecule has 0 unspecified atom stereocenters. The van der Waals surface area contributed by atoms with E-state index in [9.17, 15) is 0 Å².